The Morgan fingerprint density at radius 1 is 0.424 bits per heavy atom. The van der Waals surface area contributed by atoms with Crippen molar-refractivity contribution < 1.29 is 0 Å². The maximum Gasteiger partial charge on any atom is 0.159 e. The number of aromatic nitrogens is 2. The highest BCUT2D eigenvalue weighted by Gasteiger charge is 2.71. The van der Waals surface area contributed by atoms with Gasteiger partial charge in [0, 0.05) is 16.4 Å². The molecule has 3 spiro atoms. The summed E-state index contributed by atoms with van der Waals surface area (Å²) in [5.74, 6) is 7.27. The van der Waals surface area contributed by atoms with Gasteiger partial charge in [-0.05, 0) is 196 Å². The predicted octanol–water partition coefficient (Wildman–Crippen LogP) is 14.4. The van der Waals surface area contributed by atoms with Gasteiger partial charge < -0.3 is 0 Å². The van der Waals surface area contributed by atoms with Crippen LogP contribution in [-0.4, -0.2) is 9.97 Å². The molecule has 0 saturated heterocycles. The third-order valence-corrected chi connectivity index (χ3v) is 21.5. The third-order valence-electron chi connectivity index (χ3n) is 21.5. The molecule has 7 aromatic rings. The van der Waals surface area contributed by atoms with Crippen molar-refractivity contribution in [3.8, 4) is 33.6 Å². The summed E-state index contributed by atoms with van der Waals surface area (Å²) in [5.41, 5.74) is 20.6. The van der Waals surface area contributed by atoms with E-state index < -0.39 is 10.8 Å². The fourth-order valence-electron chi connectivity index (χ4n) is 19.7. The Bertz CT molecular complexity index is 3190. The van der Waals surface area contributed by atoms with Gasteiger partial charge in [0.2, 0.25) is 0 Å². The van der Waals surface area contributed by atoms with E-state index in [-0.39, 0.29) is 10.8 Å². The molecule has 10 atom stereocenters. The Hall–Kier alpha value is -5.60. The summed E-state index contributed by atoms with van der Waals surface area (Å²) >= 11 is 0. The number of nitrogens with zero attached hydrogens (tertiary/aromatic N) is 2. The zero-order valence-electron chi connectivity index (χ0n) is 38.1. The second-order valence-corrected chi connectivity index (χ2v) is 24.1. The molecule has 66 heavy (non-hydrogen) atoms. The molecule has 6 aromatic carbocycles. The Morgan fingerprint density at radius 2 is 0.985 bits per heavy atom. The van der Waals surface area contributed by atoms with E-state index in [9.17, 15) is 0 Å². The van der Waals surface area contributed by atoms with Crippen LogP contribution in [0.3, 0.4) is 0 Å². The second-order valence-electron chi connectivity index (χ2n) is 24.1. The van der Waals surface area contributed by atoms with Crippen molar-refractivity contribution in [2.75, 3.05) is 0 Å². The lowest BCUT2D eigenvalue weighted by Gasteiger charge is -2.49. The molecule has 1 aromatic heterocycles. The average Bonchev–Trinajstić information content (AvgIpc) is 4.01. The normalized spacial score (nSPS) is 34.7. The first-order valence-corrected chi connectivity index (χ1v) is 26.0. The largest absolute Gasteiger partial charge is 0.232 e. The summed E-state index contributed by atoms with van der Waals surface area (Å²) < 4.78 is 0. The standard InChI is InChI=1S/C64H56N2/c1-37-24-40-26-41-33-60(30-37,35-48(40)41)57-29-58(61-31-38-25-42-28-43(34-61)62(42,32-38)36-61)66-59(65-57)39-22-23-52-47(27-39)46-14-4-7-17-51(46)64(52)55-20-10-8-18-53(55)63(54-19-9-11-21-56(54)64)49-15-5-2-12-44(49)45-13-3-6-16-50(45)63/h2-23,27,29,37-38,40-43,48H,24-26,28,30-36H2,1H3/t37-,38-,40+,41?,42+,43?,48-,60?,61?,62-/m1/s1. The molecule has 10 aliphatic carbocycles. The minimum atomic E-state index is -0.488. The molecule has 5 bridgehead atoms. The van der Waals surface area contributed by atoms with E-state index in [0.717, 1.165) is 47.2 Å². The summed E-state index contributed by atoms with van der Waals surface area (Å²) in [7, 11) is 0. The summed E-state index contributed by atoms with van der Waals surface area (Å²) in [4.78, 5) is 11.8. The highest BCUT2D eigenvalue weighted by molar-refractivity contribution is 5.94. The summed E-state index contributed by atoms with van der Waals surface area (Å²) in [6, 6.07) is 57.0. The second kappa shape index (κ2) is 11.9. The van der Waals surface area contributed by atoms with Crippen LogP contribution in [0, 0.1) is 46.8 Å². The highest BCUT2D eigenvalue weighted by Crippen LogP contribution is 2.79. The Kier molecular flexibility index (Phi) is 6.59. The molecule has 7 saturated carbocycles. The Balaban J connectivity index is 0.894. The first kappa shape index (κ1) is 36.5. The maximum absolute atomic E-state index is 5.93. The molecule has 1 heterocycles. The topological polar surface area (TPSA) is 25.8 Å². The van der Waals surface area contributed by atoms with Gasteiger partial charge in [0.05, 0.1) is 22.2 Å². The Labute approximate surface area is 389 Å². The molecule has 0 aliphatic heterocycles. The zero-order valence-corrected chi connectivity index (χ0v) is 38.1. The molecule has 10 aliphatic rings. The molecule has 17 rings (SSSR count). The summed E-state index contributed by atoms with van der Waals surface area (Å²) in [5, 5.41) is 0. The fraction of sp³-hybridized carbons (Fsp3) is 0.375. The van der Waals surface area contributed by atoms with E-state index in [1.807, 2.05) is 0 Å². The van der Waals surface area contributed by atoms with Crippen molar-refractivity contribution in [1.82, 2.24) is 9.97 Å². The predicted molar refractivity (Wildman–Crippen MR) is 262 cm³/mol. The fourth-order valence-corrected chi connectivity index (χ4v) is 19.7. The third kappa shape index (κ3) is 4.03. The van der Waals surface area contributed by atoms with Crippen LogP contribution < -0.4 is 0 Å². The van der Waals surface area contributed by atoms with Crippen LogP contribution in [0.4, 0.5) is 0 Å². The molecule has 0 radical (unpaired) electrons. The van der Waals surface area contributed by atoms with Crippen LogP contribution in [0.25, 0.3) is 33.6 Å². The van der Waals surface area contributed by atoms with E-state index in [4.69, 9.17) is 9.97 Å². The van der Waals surface area contributed by atoms with Crippen LogP contribution in [0.2, 0.25) is 0 Å². The van der Waals surface area contributed by atoms with Crippen molar-refractivity contribution >= 4 is 0 Å². The lowest BCUT2D eigenvalue weighted by Crippen LogP contribution is -2.43. The first-order valence-electron chi connectivity index (χ1n) is 26.0. The van der Waals surface area contributed by atoms with Crippen molar-refractivity contribution in [3.05, 3.63) is 201 Å². The van der Waals surface area contributed by atoms with Gasteiger partial charge in [0.25, 0.3) is 0 Å². The lowest BCUT2D eigenvalue weighted by atomic mass is 9.52. The van der Waals surface area contributed by atoms with Gasteiger partial charge in [0.15, 0.2) is 5.82 Å². The quantitative estimate of drug-likeness (QED) is 0.177. The molecular weight excluding hydrogens is 797 g/mol. The minimum Gasteiger partial charge on any atom is -0.232 e. The number of rotatable bonds is 3. The van der Waals surface area contributed by atoms with E-state index in [1.165, 1.54) is 154 Å². The van der Waals surface area contributed by atoms with Crippen LogP contribution in [0.1, 0.15) is 133 Å². The zero-order chi connectivity index (χ0) is 42.9. The van der Waals surface area contributed by atoms with E-state index >= 15 is 0 Å². The van der Waals surface area contributed by atoms with E-state index in [2.05, 4.69) is 153 Å². The van der Waals surface area contributed by atoms with Gasteiger partial charge in [-0.2, -0.15) is 0 Å². The minimum absolute atomic E-state index is 0.186. The average molecular weight is 853 g/mol. The molecule has 7 fully saturated rings. The van der Waals surface area contributed by atoms with Gasteiger partial charge in [0.1, 0.15) is 0 Å². The van der Waals surface area contributed by atoms with Crippen LogP contribution in [-0.2, 0) is 21.7 Å². The van der Waals surface area contributed by atoms with E-state index in [1.54, 1.807) is 0 Å². The lowest BCUT2D eigenvalue weighted by molar-refractivity contribution is -0.000242. The maximum atomic E-state index is 5.93. The molecular formula is C64H56N2. The smallest absolute Gasteiger partial charge is 0.159 e. The van der Waals surface area contributed by atoms with Crippen molar-refractivity contribution in [2.45, 2.75) is 99.2 Å². The number of benzene rings is 6. The molecule has 4 unspecified atom stereocenters. The summed E-state index contributed by atoms with van der Waals surface area (Å²) in [6.07, 6.45) is 15.4. The molecule has 2 nitrogen and oxygen atoms in total. The van der Waals surface area contributed by atoms with Crippen molar-refractivity contribution in [3.63, 3.8) is 0 Å². The monoisotopic (exact) mass is 852 g/mol. The number of fused-ring (bicyclic) bond motifs is 19. The van der Waals surface area contributed by atoms with Gasteiger partial charge >= 0.3 is 0 Å². The Morgan fingerprint density at radius 3 is 1.62 bits per heavy atom. The molecule has 0 N–H and O–H groups in total. The SMILES string of the molecule is C[C@@H]1C[C@H]2CC3CC(c4cc(C56CC7C[C@@H]8C[C@H](C5)C[C@]78C6)nc(-c5ccc6c(c5)-c5ccccc5C65c6ccccc6C6(c7ccccc7-c7ccccc76)c6ccccc65)n4)(C1)C[C@@H]32. The van der Waals surface area contributed by atoms with Gasteiger partial charge in [-0.15, -0.1) is 0 Å². The van der Waals surface area contributed by atoms with Crippen LogP contribution in [0.15, 0.2) is 146 Å². The summed E-state index contributed by atoms with van der Waals surface area (Å²) in [6.45, 7) is 2.56. The number of hydrogen-bond donors (Lipinski definition) is 0. The van der Waals surface area contributed by atoms with Gasteiger partial charge in [-0.25, -0.2) is 9.97 Å². The van der Waals surface area contributed by atoms with Crippen LogP contribution in [0.5, 0.6) is 0 Å². The highest BCUT2D eigenvalue weighted by atomic mass is 14.9. The van der Waals surface area contributed by atoms with Crippen molar-refractivity contribution in [2.24, 2.45) is 46.8 Å². The molecule has 0 amide bonds. The van der Waals surface area contributed by atoms with Crippen LogP contribution >= 0.6 is 0 Å². The molecule has 2 heteroatoms. The van der Waals surface area contributed by atoms with Gasteiger partial charge in [-0.1, -0.05) is 140 Å². The van der Waals surface area contributed by atoms with Crippen molar-refractivity contribution in [1.29, 1.82) is 0 Å². The molecule has 322 valence electrons. The first-order chi connectivity index (χ1) is 32.4. The van der Waals surface area contributed by atoms with Gasteiger partial charge in [-0.3, -0.25) is 0 Å². The number of hydrogen-bond acceptors (Lipinski definition) is 2. The van der Waals surface area contributed by atoms with E-state index in [0.29, 0.717) is 5.41 Å².